The van der Waals surface area contributed by atoms with E-state index in [-0.39, 0.29) is 0 Å². The molecule has 0 aliphatic heterocycles. The van der Waals surface area contributed by atoms with E-state index < -0.39 is 0 Å². The molecule has 21 heavy (non-hydrogen) atoms. The number of rotatable bonds is 7. The first-order chi connectivity index (χ1) is 10.2. The van der Waals surface area contributed by atoms with Gasteiger partial charge in [-0.25, -0.2) is 0 Å². The Morgan fingerprint density at radius 1 is 1.05 bits per heavy atom. The Hall–Kier alpha value is -1.71. The van der Waals surface area contributed by atoms with Crippen molar-refractivity contribution in [2.75, 3.05) is 27.3 Å². The average Bonchev–Trinajstić information content (AvgIpc) is 2.48. The van der Waals surface area contributed by atoms with Gasteiger partial charge in [0.1, 0.15) is 18.1 Å². The number of benzene rings is 2. The van der Waals surface area contributed by atoms with Gasteiger partial charge in [0.2, 0.25) is 0 Å². The van der Waals surface area contributed by atoms with Gasteiger partial charge in [0.15, 0.2) is 0 Å². The van der Waals surface area contributed by atoms with E-state index in [1.165, 1.54) is 5.56 Å². The fourth-order valence-corrected chi connectivity index (χ4v) is 2.23. The van der Waals surface area contributed by atoms with E-state index in [0.717, 1.165) is 29.6 Å². The molecule has 2 aromatic rings. The second-order valence-electron chi connectivity index (χ2n) is 4.89. The van der Waals surface area contributed by atoms with Crippen LogP contribution < -0.4 is 9.47 Å². The molecule has 112 valence electrons. The first-order valence-electron chi connectivity index (χ1n) is 6.87. The highest BCUT2D eigenvalue weighted by molar-refractivity contribution is 6.30. The molecule has 0 N–H and O–H groups in total. The predicted octanol–water partition coefficient (Wildman–Crippen LogP) is 3.86. The third-order valence-electron chi connectivity index (χ3n) is 3.14. The summed E-state index contributed by atoms with van der Waals surface area (Å²) in [5, 5.41) is 0.774. The highest BCUT2D eigenvalue weighted by atomic mass is 35.5. The lowest BCUT2D eigenvalue weighted by Crippen LogP contribution is -2.23. The summed E-state index contributed by atoms with van der Waals surface area (Å²) in [6, 6.07) is 15.5. The van der Waals surface area contributed by atoms with E-state index in [0.29, 0.717) is 6.61 Å². The number of likely N-dealkylation sites (N-methyl/N-ethyl adjacent to an activating group) is 1. The Morgan fingerprint density at radius 2 is 1.76 bits per heavy atom. The molecule has 0 heterocycles. The van der Waals surface area contributed by atoms with Crippen LogP contribution in [-0.4, -0.2) is 32.2 Å². The summed E-state index contributed by atoms with van der Waals surface area (Å²) in [6.45, 7) is 2.34. The zero-order chi connectivity index (χ0) is 15.1. The van der Waals surface area contributed by atoms with Gasteiger partial charge in [-0.2, -0.15) is 0 Å². The third kappa shape index (κ3) is 5.29. The van der Waals surface area contributed by atoms with Crippen LogP contribution in [-0.2, 0) is 6.54 Å². The molecular formula is C17H20ClNO2. The summed E-state index contributed by atoms with van der Waals surface area (Å²) < 4.78 is 10.8. The maximum atomic E-state index is 5.98. The van der Waals surface area contributed by atoms with Crippen LogP contribution in [0, 0.1) is 0 Å². The maximum absolute atomic E-state index is 5.98. The molecule has 2 rings (SSSR count). The van der Waals surface area contributed by atoms with Gasteiger partial charge in [0.05, 0.1) is 7.11 Å². The van der Waals surface area contributed by atoms with Gasteiger partial charge in [-0.1, -0.05) is 23.7 Å². The molecule has 0 atom stereocenters. The minimum absolute atomic E-state index is 0.642. The van der Waals surface area contributed by atoms with E-state index in [4.69, 9.17) is 21.1 Å². The molecule has 3 nitrogen and oxygen atoms in total. The van der Waals surface area contributed by atoms with E-state index in [1.54, 1.807) is 7.11 Å². The molecule has 0 amide bonds. The van der Waals surface area contributed by atoms with Crippen molar-refractivity contribution in [1.82, 2.24) is 4.90 Å². The Labute approximate surface area is 131 Å². The molecule has 0 unspecified atom stereocenters. The van der Waals surface area contributed by atoms with Crippen LogP contribution in [0.5, 0.6) is 11.5 Å². The monoisotopic (exact) mass is 305 g/mol. The molecular weight excluding hydrogens is 286 g/mol. The molecule has 0 aliphatic rings. The normalized spacial score (nSPS) is 10.7. The summed E-state index contributed by atoms with van der Waals surface area (Å²) in [7, 11) is 3.72. The highest BCUT2D eigenvalue weighted by Crippen LogP contribution is 2.17. The van der Waals surface area contributed by atoms with E-state index >= 15 is 0 Å². The van der Waals surface area contributed by atoms with Gasteiger partial charge in [-0.15, -0.1) is 0 Å². The molecule has 0 aliphatic carbocycles. The molecule has 0 fully saturated rings. The number of ether oxygens (including phenoxy) is 2. The van der Waals surface area contributed by atoms with Gasteiger partial charge < -0.3 is 9.47 Å². The standard InChI is InChI=1S/C17H20ClNO2/c1-19(13-14-4-3-5-15(18)12-14)10-11-21-17-8-6-16(20-2)7-9-17/h3-9,12H,10-11,13H2,1-2H3. The minimum Gasteiger partial charge on any atom is -0.497 e. The number of nitrogens with zero attached hydrogens (tertiary/aromatic N) is 1. The number of methoxy groups -OCH3 is 1. The fraction of sp³-hybridized carbons (Fsp3) is 0.294. The van der Waals surface area contributed by atoms with Crippen LogP contribution >= 0.6 is 11.6 Å². The zero-order valence-electron chi connectivity index (χ0n) is 12.4. The van der Waals surface area contributed by atoms with Crippen LogP contribution in [0.1, 0.15) is 5.56 Å². The number of halogens is 1. The van der Waals surface area contributed by atoms with Crippen LogP contribution in [0.3, 0.4) is 0 Å². The van der Waals surface area contributed by atoms with Gasteiger partial charge in [0, 0.05) is 18.1 Å². The summed E-state index contributed by atoms with van der Waals surface area (Å²) in [4.78, 5) is 2.20. The zero-order valence-corrected chi connectivity index (χ0v) is 13.1. The van der Waals surface area contributed by atoms with Crippen molar-refractivity contribution >= 4 is 11.6 Å². The first-order valence-corrected chi connectivity index (χ1v) is 7.25. The molecule has 0 bridgehead atoms. The van der Waals surface area contributed by atoms with E-state index in [2.05, 4.69) is 18.0 Å². The lowest BCUT2D eigenvalue weighted by Gasteiger charge is -2.17. The Kier molecular flexibility index (Phi) is 5.90. The van der Waals surface area contributed by atoms with Crippen LogP contribution in [0.4, 0.5) is 0 Å². The van der Waals surface area contributed by atoms with Crippen molar-refractivity contribution in [2.24, 2.45) is 0 Å². The van der Waals surface area contributed by atoms with E-state index in [9.17, 15) is 0 Å². The van der Waals surface area contributed by atoms with Crippen molar-refractivity contribution in [2.45, 2.75) is 6.54 Å². The lowest BCUT2D eigenvalue weighted by molar-refractivity contribution is 0.232. The van der Waals surface area contributed by atoms with Crippen LogP contribution in [0.15, 0.2) is 48.5 Å². The topological polar surface area (TPSA) is 21.7 Å². The predicted molar refractivity (Wildman–Crippen MR) is 86.3 cm³/mol. The number of hydrogen-bond donors (Lipinski definition) is 0. The Balaban J connectivity index is 1.74. The Bertz CT molecular complexity index is 557. The molecule has 2 aromatic carbocycles. The quantitative estimate of drug-likeness (QED) is 0.775. The second kappa shape index (κ2) is 7.91. The number of hydrogen-bond acceptors (Lipinski definition) is 3. The smallest absolute Gasteiger partial charge is 0.119 e. The minimum atomic E-state index is 0.642. The molecule has 0 aromatic heterocycles. The van der Waals surface area contributed by atoms with Crippen molar-refractivity contribution in [3.05, 3.63) is 59.1 Å². The lowest BCUT2D eigenvalue weighted by atomic mass is 10.2. The van der Waals surface area contributed by atoms with Gasteiger partial charge in [-0.3, -0.25) is 4.90 Å². The third-order valence-corrected chi connectivity index (χ3v) is 3.38. The fourth-order valence-electron chi connectivity index (χ4n) is 2.02. The van der Waals surface area contributed by atoms with Crippen molar-refractivity contribution in [1.29, 1.82) is 0 Å². The summed E-state index contributed by atoms with van der Waals surface area (Å²) in [5.74, 6) is 1.69. The van der Waals surface area contributed by atoms with Crippen molar-refractivity contribution in [3.63, 3.8) is 0 Å². The van der Waals surface area contributed by atoms with Gasteiger partial charge >= 0.3 is 0 Å². The molecule has 4 heteroatoms. The summed E-state index contributed by atoms with van der Waals surface area (Å²) in [6.07, 6.45) is 0. The second-order valence-corrected chi connectivity index (χ2v) is 5.33. The molecule has 0 saturated carbocycles. The first kappa shape index (κ1) is 15.7. The SMILES string of the molecule is COc1ccc(OCCN(C)Cc2cccc(Cl)c2)cc1. The largest absolute Gasteiger partial charge is 0.497 e. The Morgan fingerprint density at radius 3 is 2.43 bits per heavy atom. The van der Waals surface area contributed by atoms with Crippen LogP contribution in [0.2, 0.25) is 5.02 Å². The molecule has 0 saturated heterocycles. The van der Waals surface area contributed by atoms with Crippen molar-refractivity contribution < 1.29 is 9.47 Å². The van der Waals surface area contributed by atoms with Gasteiger partial charge in [-0.05, 0) is 49.0 Å². The van der Waals surface area contributed by atoms with E-state index in [1.807, 2.05) is 42.5 Å². The molecule has 0 radical (unpaired) electrons. The average molecular weight is 306 g/mol. The maximum Gasteiger partial charge on any atom is 0.119 e. The van der Waals surface area contributed by atoms with Crippen LogP contribution in [0.25, 0.3) is 0 Å². The highest BCUT2D eigenvalue weighted by Gasteiger charge is 2.02. The van der Waals surface area contributed by atoms with Crippen molar-refractivity contribution in [3.8, 4) is 11.5 Å². The molecule has 0 spiro atoms. The summed E-state index contributed by atoms with van der Waals surface area (Å²) >= 11 is 5.98. The van der Waals surface area contributed by atoms with Gasteiger partial charge in [0.25, 0.3) is 0 Å². The summed E-state index contributed by atoms with van der Waals surface area (Å²) in [5.41, 5.74) is 1.20.